The van der Waals surface area contributed by atoms with E-state index in [-0.39, 0.29) is 6.54 Å². The monoisotopic (exact) mass is 211 g/mol. The summed E-state index contributed by atoms with van der Waals surface area (Å²) in [6.07, 6.45) is 6.74. The number of carboxylic acid groups (broad SMARTS) is 1. The van der Waals surface area contributed by atoms with Crippen molar-refractivity contribution in [3.8, 4) is 0 Å². The first-order valence-electron chi connectivity index (χ1n) is 5.05. The molecule has 3 N–H and O–H groups in total. The Hall–Kier alpha value is -1.35. The first-order valence-corrected chi connectivity index (χ1v) is 5.05. The Bertz CT molecular complexity index is 242. The molecule has 0 heterocycles. The van der Waals surface area contributed by atoms with Crippen molar-refractivity contribution in [1.29, 1.82) is 0 Å². The molecule has 0 aromatic carbocycles. The Balaban J connectivity index is 0. The third-order valence-electron chi connectivity index (χ3n) is 1.69. The summed E-state index contributed by atoms with van der Waals surface area (Å²) in [5, 5.41) is 8.79. The summed E-state index contributed by atoms with van der Waals surface area (Å²) in [7, 11) is 0. The SMILES string of the molecule is C=C/C=C\C(=C/C)C(CN)C(=O)O.CC. The maximum absolute atomic E-state index is 10.7. The first kappa shape index (κ1) is 16.1. The Morgan fingerprint density at radius 2 is 2.07 bits per heavy atom. The fraction of sp³-hybridized carbons (Fsp3) is 0.417. The van der Waals surface area contributed by atoms with E-state index < -0.39 is 11.9 Å². The lowest BCUT2D eigenvalue weighted by molar-refractivity contribution is -0.139. The highest BCUT2D eigenvalue weighted by Gasteiger charge is 2.17. The second-order valence-corrected chi connectivity index (χ2v) is 2.51. The summed E-state index contributed by atoms with van der Waals surface area (Å²) in [6, 6.07) is 0. The van der Waals surface area contributed by atoms with Crippen LogP contribution in [0.25, 0.3) is 0 Å². The van der Waals surface area contributed by atoms with Gasteiger partial charge in [0, 0.05) is 6.54 Å². The third-order valence-corrected chi connectivity index (χ3v) is 1.69. The van der Waals surface area contributed by atoms with E-state index in [1.165, 1.54) is 0 Å². The highest BCUT2D eigenvalue weighted by Crippen LogP contribution is 2.11. The molecule has 0 aliphatic carbocycles. The van der Waals surface area contributed by atoms with E-state index in [1.807, 2.05) is 13.8 Å². The molecule has 0 aromatic heterocycles. The summed E-state index contributed by atoms with van der Waals surface area (Å²) in [4.78, 5) is 10.7. The lowest BCUT2D eigenvalue weighted by atomic mass is 9.98. The standard InChI is InChI=1S/C10H15NO2.C2H6/c1-3-5-6-8(4-2)9(7-11)10(12)13;1-2/h3-6,9H,1,7,11H2,2H3,(H,12,13);1-2H3/b6-5-,8-4+;. The van der Waals surface area contributed by atoms with Gasteiger partial charge in [-0.3, -0.25) is 4.79 Å². The van der Waals surface area contributed by atoms with Crippen LogP contribution in [0.5, 0.6) is 0 Å². The van der Waals surface area contributed by atoms with Gasteiger partial charge in [0.2, 0.25) is 0 Å². The lowest BCUT2D eigenvalue weighted by Crippen LogP contribution is -2.24. The van der Waals surface area contributed by atoms with Crippen LogP contribution >= 0.6 is 0 Å². The molecule has 3 heteroatoms. The number of rotatable bonds is 5. The van der Waals surface area contributed by atoms with Gasteiger partial charge in [0.05, 0.1) is 5.92 Å². The molecule has 1 atom stereocenters. The van der Waals surface area contributed by atoms with Crippen molar-refractivity contribution < 1.29 is 9.90 Å². The molecule has 0 aromatic rings. The molecule has 86 valence electrons. The highest BCUT2D eigenvalue weighted by molar-refractivity contribution is 5.74. The number of carboxylic acids is 1. The number of allylic oxidation sites excluding steroid dienone is 4. The molecule has 0 saturated carbocycles. The zero-order valence-electron chi connectivity index (χ0n) is 9.73. The van der Waals surface area contributed by atoms with Gasteiger partial charge in [-0.15, -0.1) is 0 Å². The minimum Gasteiger partial charge on any atom is -0.481 e. The van der Waals surface area contributed by atoms with Gasteiger partial charge in [0.1, 0.15) is 0 Å². The molecule has 0 bridgehead atoms. The molecule has 0 amide bonds. The zero-order chi connectivity index (χ0) is 12.3. The van der Waals surface area contributed by atoms with Gasteiger partial charge in [0.25, 0.3) is 0 Å². The van der Waals surface area contributed by atoms with Crippen molar-refractivity contribution >= 4 is 5.97 Å². The molecule has 0 aliphatic heterocycles. The number of hydrogen-bond donors (Lipinski definition) is 2. The second-order valence-electron chi connectivity index (χ2n) is 2.51. The Kier molecular flexibility index (Phi) is 11.5. The van der Waals surface area contributed by atoms with Crippen LogP contribution in [0.1, 0.15) is 20.8 Å². The Morgan fingerprint density at radius 1 is 1.53 bits per heavy atom. The van der Waals surface area contributed by atoms with E-state index in [0.717, 1.165) is 0 Å². The van der Waals surface area contributed by atoms with Crippen LogP contribution in [-0.4, -0.2) is 17.6 Å². The van der Waals surface area contributed by atoms with Gasteiger partial charge < -0.3 is 10.8 Å². The minimum atomic E-state index is -0.899. The van der Waals surface area contributed by atoms with Crippen molar-refractivity contribution in [3.05, 3.63) is 36.5 Å². The predicted molar refractivity (Wildman–Crippen MR) is 64.6 cm³/mol. The van der Waals surface area contributed by atoms with Crippen molar-refractivity contribution in [2.24, 2.45) is 11.7 Å². The van der Waals surface area contributed by atoms with Crippen molar-refractivity contribution in [2.75, 3.05) is 6.54 Å². The van der Waals surface area contributed by atoms with Crippen LogP contribution in [0.3, 0.4) is 0 Å². The highest BCUT2D eigenvalue weighted by atomic mass is 16.4. The summed E-state index contributed by atoms with van der Waals surface area (Å²) >= 11 is 0. The van der Waals surface area contributed by atoms with E-state index in [2.05, 4.69) is 6.58 Å². The average Bonchev–Trinajstić information content (AvgIpc) is 2.26. The van der Waals surface area contributed by atoms with Crippen LogP contribution in [0.4, 0.5) is 0 Å². The van der Waals surface area contributed by atoms with E-state index in [9.17, 15) is 4.79 Å². The van der Waals surface area contributed by atoms with E-state index in [0.29, 0.717) is 5.57 Å². The fourth-order valence-electron chi connectivity index (χ4n) is 0.972. The summed E-state index contributed by atoms with van der Waals surface area (Å²) in [6.45, 7) is 9.40. The van der Waals surface area contributed by atoms with Crippen LogP contribution in [-0.2, 0) is 4.79 Å². The number of nitrogens with two attached hydrogens (primary N) is 1. The summed E-state index contributed by atoms with van der Waals surface area (Å²) in [5.41, 5.74) is 6.04. The molecule has 0 spiro atoms. The first-order chi connectivity index (χ1) is 7.17. The molecule has 0 fully saturated rings. The van der Waals surface area contributed by atoms with Gasteiger partial charge >= 0.3 is 5.97 Å². The zero-order valence-corrected chi connectivity index (χ0v) is 9.73. The molecule has 3 nitrogen and oxygen atoms in total. The van der Waals surface area contributed by atoms with Crippen molar-refractivity contribution in [1.82, 2.24) is 0 Å². The number of hydrogen-bond acceptors (Lipinski definition) is 2. The Labute approximate surface area is 92.0 Å². The number of aliphatic carboxylic acids is 1. The molecule has 0 aliphatic rings. The molecular weight excluding hydrogens is 190 g/mol. The topological polar surface area (TPSA) is 63.3 Å². The third kappa shape index (κ3) is 6.69. The van der Waals surface area contributed by atoms with E-state index in [4.69, 9.17) is 10.8 Å². The quantitative estimate of drug-likeness (QED) is 0.686. The minimum absolute atomic E-state index is 0.108. The van der Waals surface area contributed by atoms with Crippen LogP contribution in [0, 0.1) is 5.92 Å². The van der Waals surface area contributed by atoms with Gasteiger partial charge in [0.15, 0.2) is 0 Å². The van der Waals surface area contributed by atoms with Gasteiger partial charge in [-0.25, -0.2) is 0 Å². The van der Waals surface area contributed by atoms with Crippen LogP contribution < -0.4 is 5.73 Å². The molecule has 0 saturated heterocycles. The smallest absolute Gasteiger partial charge is 0.312 e. The second kappa shape index (κ2) is 10.7. The number of carbonyl (C=O) groups is 1. The summed E-state index contributed by atoms with van der Waals surface area (Å²) < 4.78 is 0. The maximum atomic E-state index is 10.7. The maximum Gasteiger partial charge on any atom is 0.312 e. The molecule has 1 unspecified atom stereocenters. The van der Waals surface area contributed by atoms with Gasteiger partial charge in [-0.05, 0) is 12.5 Å². The lowest BCUT2D eigenvalue weighted by Gasteiger charge is -2.09. The van der Waals surface area contributed by atoms with Crippen LogP contribution in [0.2, 0.25) is 0 Å². The van der Waals surface area contributed by atoms with E-state index >= 15 is 0 Å². The van der Waals surface area contributed by atoms with Crippen LogP contribution in [0.15, 0.2) is 36.5 Å². The largest absolute Gasteiger partial charge is 0.481 e. The fourth-order valence-corrected chi connectivity index (χ4v) is 0.972. The van der Waals surface area contributed by atoms with Crippen molar-refractivity contribution in [2.45, 2.75) is 20.8 Å². The predicted octanol–water partition coefficient (Wildman–Crippen LogP) is 2.36. The van der Waals surface area contributed by atoms with Gasteiger partial charge in [-0.2, -0.15) is 0 Å². The van der Waals surface area contributed by atoms with E-state index in [1.54, 1.807) is 31.2 Å². The molecule has 0 rings (SSSR count). The molecular formula is C12H21NO2. The molecule has 15 heavy (non-hydrogen) atoms. The molecule has 0 radical (unpaired) electrons. The van der Waals surface area contributed by atoms with Gasteiger partial charge in [-0.1, -0.05) is 44.7 Å². The normalized spacial score (nSPS) is 12.9. The Morgan fingerprint density at radius 3 is 2.33 bits per heavy atom. The summed E-state index contributed by atoms with van der Waals surface area (Å²) in [5.74, 6) is -1.52. The average molecular weight is 211 g/mol. The van der Waals surface area contributed by atoms with Crippen molar-refractivity contribution in [3.63, 3.8) is 0 Å².